The number of nitrogens with zero attached hydrogens (tertiary/aromatic N) is 3. The minimum Gasteiger partial charge on any atom is -0.391 e. The van der Waals surface area contributed by atoms with Crippen molar-refractivity contribution in [1.29, 1.82) is 0 Å². The number of amides is 1. The van der Waals surface area contributed by atoms with E-state index in [1.54, 1.807) is 7.05 Å². The van der Waals surface area contributed by atoms with Gasteiger partial charge >= 0.3 is 0 Å². The standard InChI is InChI=1S/C22H27N5O2/c1-23-20-11-21(26-14-25-20)27-13-19(28)10-18(27)12-24-22(29)17-8-6-16(7-9-17)15-4-2-3-5-15/h4,6-9,11,14,18-19,28H,2-3,5,10,12-13H2,1H3,(H,24,29)(H,23,25,26)/t18-,19-/m1/s1. The van der Waals surface area contributed by atoms with Crippen LogP contribution in [-0.4, -0.2) is 53.3 Å². The number of aromatic nitrogens is 2. The van der Waals surface area contributed by atoms with Crippen LogP contribution in [0.3, 0.4) is 0 Å². The lowest BCUT2D eigenvalue weighted by atomic mass is 10.0. The van der Waals surface area contributed by atoms with Crippen molar-refractivity contribution in [3.05, 3.63) is 53.9 Å². The summed E-state index contributed by atoms with van der Waals surface area (Å²) in [5.74, 6) is 1.36. The first-order chi connectivity index (χ1) is 14.1. The number of nitrogens with one attached hydrogen (secondary N) is 2. The Morgan fingerprint density at radius 3 is 2.83 bits per heavy atom. The van der Waals surface area contributed by atoms with Gasteiger partial charge in [-0.3, -0.25) is 4.79 Å². The molecule has 0 unspecified atom stereocenters. The van der Waals surface area contributed by atoms with Crippen LogP contribution in [0.1, 0.15) is 41.6 Å². The number of allylic oxidation sites excluding steroid dienone is 2. The molecule has 1 saturated heterocycles. The summed E-state index contributed by atoms with van der Waals surface area (Å²) in [6.07, 6.45) is 7.40. The fraction of sp³-hybridized carbons (Fsp3) is 0.409. The second-order valence-corrected chi connectivity index (χ2v) is 7.62. The molecule has 1 aliphatic carbocycles. The molecule has 4 rings (SSSR count). The van der Waals surface area contributed by atoms with E-state index in [1.807, 2.05) is 35.2 Å². The predicted octanol–water partition coefficient (Wildman–Crippen LogP) is 2.46. The summed E-state index contributed by atoms with van der Waals surface area (Å²) < 4.78 is 0. The van der Waals surface area contributed by atoms with Crippen LogP contribution < -0.4 is 15.5 Å². The van der Waals surface area contributed by atoms with E-state index >= 15 is 0 Å². The highest BCUT2D eigenvalue weighted by Gasteiger charge is 2.32. The van der Waals surface area contributed by atoms with Gasteiger partial charge in [-0.05, 0) is 49.0 Å². The third-order valence-electron chi connectivity index (χ3n) is 5.65. The molecule has 1 aromatic heterocycles. The number of aliphatic hydroxyl groups is 1. The summed E-state index contributed by atoms with van der Waals surface area (Å²) in [5, 5.41) is 16.2. The van der Waals surface area contributed by atoms with Gasteiger partial charge in [-0.15, -0.1) is 0 Å². The Morgan fingerprint density at radius 1 is 1.28 bits per heavy atom. The number of benzene rings is 1. The molecule has 3 N–H and O–H groups in total. The SMILES string of the molecule is CNc1cc(N2C[C@H](O)C[C@@H]2CNC(=O)c2ccc(C3=CCCC3)cc2)ncn1. The maximum absolute atomic E-state index is 12.6. The largest absolute Gasteiger partial charge is 0.391 e. The number of hydrogen-bond acceptors (Lipinski definition) is 6. The lowest BCUT2D eigenvalue weighted by Crippen LogP contribution is -2.40. The number of carbonyl (C=O) groups is 1. The van der Waals surface area contributed by atoms with Crippen LogP contribution in [0.15, 0.2) is 42.7 Å². The molecule has 2 aromatic rings. The molecule has 152 valence electrons. The van der Waals surface area contributed by atoms with Gasteiger partial charge in [-0.2, -0.15) is 0 Å². The Balaban J connectivity index is 1.39. The summed E-state index contributed by atoms with van der Waals surface area (Å²) in [7, 11) is 1.80. The van der Waals surface area contributed by atoms with Crippen LogP contribution in [0.2, 0.25) is 0 Å². The van der Waals surface area contributed by atoms with Gasteiger partial charge in [-0.25, -0.2) is 9.97 Å². The lowest BCUT2D eigenvalue weighted by molar-refractivity contribution is 0.0950. The molecule has 0 saturated carbocycles. The van der Waals surface area contributed by atoms with Crippen molar-refractivity contribution in [1.82, 2.24) is 15.3 Å². The van der Waals surface area contributed by atoms with E-state index in [9.17, 15) is 9.90 Å². The van der Waals surface area contributed by atoms with Crippen LogP contribution >= 0.6 is 0 Å². The molecule has 0 radical (unpaired) electrons. The van der Waals surface area contributed by atoms with Gasteiger partial charge in [0.05, 0.1) is 12.1 Å². The number of carbonyl (C=O) groups excluding carboxylic acids is 1. The second-order valence-electron chi connectivity index (χ2n) is 7.62. The monoisotopic (exact) mass is 393 g/mol. The molecule has 1 aliphatic heterocycles. The normalized spacial score (nSPS) is 21.2. The van der Waals surface area contributed by atoms with E-state index in [0.717, 1.165) is 24.5 Å². The fourth-order valence-corrected chi connectivity index (χ4v) is 4.09. The Morgan fingerprint density at radius 2 is 2.10 bits per heavy atom. The van der Waals surface area contributed by atoms with Gasteiger partial charge in [0.25, 0.3) is 5.91 Å². The van der Waals surface area contributed by atoms with Gasteiger partial charge in [0, 0.05) is 31.8 Å². The Kier molecular flexibility index (Phi) is 5.76. The molecule has 0 spiro atoms. The highest BCUT2D eigenvalue weighted by molar-refractivity contribution is 5.94. The third-order valence-corrected chi connectivity index (χ3v) is 5.65. The zero-order chi connectivity index (χ0) is 20.2. The third kappa shape index (κ3) is 4.40. The first kappa shape index (κ1) is 19.4. The Labute approximate surface area is 170 Å². The molecule has 2 aliphatic rings. The predicted molar refractivity (Wildman–Crippen MR) is 114 cm³/mol. The minimum atomic E-state index is -0.441. The molecule has 1 fully saturated rings. The van der Waals surface area contributed by atoms with Gasteiger partial charge in [0.1, 0.15) is 18.0 Å². The van der Waals surface area contributed by atoms with E-state index in [2.05, 4.69) is 26.7 Å². The van der Waals surface area contributed by atoms with Crippen LogP contribution in [0.5, 0.6) is 0 Å². The quantitative estimate of drug-likeness (QED) is 0.698. The van der Waals surface area contributed by atoms with Crippen molar-refractivity contribution in [3.8, 4) is 0 Å². The van der Waals surface area contributed by atoms with E-state index in [-0.39, 0.29) is 11.9 Å². The Hall–Kier alpha value is -2.93. The van der Waals surface area contributed by atoms with Crippen molar-refractivity contribution in [2.24, 2.45) is 0 Å². The van der Waals surface area contributed by atoms with Gasteiger partial charge < -0.3 is 20.6 Å². The maximum Gasteiger partial charge on any atom is 0.251 e. The molecule has 0 bridgehead atoms. The topological polar surface area (TPSA) is 90.4 Å². The van der Waals surface area contributed by atoms with Crippen molar-refractivity contribution in [2.75, 3.05) is 30.4 Å². The number of anilines is 2. The summed E-state index contributed by atoms with van der Waals surface area (Å²) >= 11 is 0. The first-order valence-corrected chi connectivity index (χ1v) is 10.2. The molecule has 29 heavy (non-hydrogen) atoms. The average Bonchev–Trinajstić information content (AvgIpc) is 3.42. The zero-order valence-electron chi connectivity index (χ0n) is 16.6. The molecule has 7 heteroatoms. The maximum atomic E-state index is 12.6. The van der Waals surface area contributed by atoms with Crippen LogP contribution in [0, 0.1) is 0 Å². The number of hydrogen-bond donors (Lipinski definition) is 3. The van der Waals surface area contributed by atoms with Crippen LogP contribution in [-0.2, 0) is 0 Å². The van der Waals surface area contributed by atoms with E-state index < -0.39 is 6.10 Å². The molecule has 7 nitrogen and oxygen atoms in total. The van der Waals surface area contributed by atoms with Gasteiger partial charge in [0.15, 0.2) is 0 Å². The summed E-state index contributed by atoms with van der Waals surface area (Å²) in [5.41, 5.74) is 3.23. The van der Waals surface area contributed by atoms with E-state index in [1.165, 1.54) is 23.9 Å². The molecule has 1 aromatic carbocycles. The summed E-state index contributed by atoms with van der Waals surface area (Å²) in [4.78, 5) is 23.1. The number of rotatable bonds is 6. The van der Waals surface area contributed by atoms with Crippen molar-refractivity contribution in [3.63, 3.8) is 0 Å². The molecule has 2 atom stereocenters. The van der Waals surface area contributed by atoms with Crippen LogP contribution in [0.4, 0.5) is 11.6 Å². The minimum absolute atomic E-state index is 0.0172. The molecule has 2 heterocycles. The van der Waals surface area contributed by atoms with Crippen molar-refractivity contribution >= 4 is 23.1 Å². The summed E-state index contributed by atoms with van der Waals surface area (Å²) in [6.45, 7) is 0.937. The Bertz CT molecular complexity index is 896. The van der Waals surface area contributed by atoms with E-state index in [4.69, 9.17) is 0 Å². The van der Waals surface area contributed by atoms with Crippen molar-refractivity contribution < 1.29 is 9.90 Å². The van der Waals surface area contributed by atoms with E-state index in [0.29, 0.717) is 25.1 Å². The average molecular weight is 393 g/mol. The van der Waals surface area contributed by atoms with Gasteiger partial charge in [0.2, 0.25) is 0 Å². The molecular formula is C22H27N5O2. The molecule has 1 amide bonds. The molecular weight excluding hydrogens is 366 g/mol. The lowest BCUT2D eigenvalue weighted by Gasteiger charge is -2.25. The summed E-state index contributed by atoms with van der Waals surface area (Å²) in [6, 6.07) is 9.65. The zero-order valence-corrected chi connectivity index (χ0v) is 16.6. The fourth-order valence-electron chi connectivity index (χ4n) is 4.09. The van der Waals surface area contributed by atoms with Crippen molar-refractivity contribution in [2.45, 2.75) is 37.8 Å². The van der Waals surface area contributed by atoms with Gasteiger partial charge in [-0.1, -0.05) is 18.2 Å². The first-order valence-electron chi connectivity index (χ1n) is 10.2. The van der Waals surface area contributed by atoms with Crippen LogP contribution in [0.25, 0.3) is 5.57 Å². The highest BCUT2D eigenvalue weighted by Crippen LogP contribution is 2.28. The highest BCUT2D eigenvalue weighted by atomic mass is 16.3. The number of aliphatic hydroxyl groups excluding tert-OH is 1. The number of β-amino-alcohol motifs (C(OH)–C–C–N with tert-alkyl or cyclic N) is 1. The smallest absolute Gasteiger partial charge is 0.251 e. The second kappa shape index (κ2) is 8.61.